The van der Waals surface area contributed by atoms with Crippen molar-refractivity contribution in [3.8, 4) is 0 Å². The summed E-state index contributed by atoms with van der Waals surface area (Å²) in [6.45, 7) is 0. The lowest BCUT2D eigenvalue weighted by Gasteiger charge is -2.09. The van der Waals surface area contributed by atoms with Crippen molar-refractivity contribution in [1.29, 1.82) is 0 Å². The Hall–Kier alpha value is -1.24. The summed E-state index contributed by atoms with van der Waals surface area (Å²) in [7, 11) is 0. The molecule has 0 spiro atoms. The largest absolute Gasteiger partial charge is 0.398 e. The van der Waals surface area contributed by atoms with Crippen molar-refractivity contribution in [2.45, 2.75) is 6.42 Å². The van der Waals surface area contributed by atoms with Crippen molar-refractivity contribution < 1.29 is 13.2 Å². The molecule has 0 atom stereocenters. The Morgan fingerprint density at radius 3 is 2.39 bits per heavy atom. The maximum atomic E-state index is 13.6. The van der Waals surface area contributed by atoms with Gasteiger partial charge < -0.3 is 5.73 Å². The van der Waals surface area contributed by atoms with Crippen LogP contribution in [0.15, 0.2) is 30.3 Å². The minimum absolute atomic E-state index is 0.0184. The summed E-state index contributed by atoms with van der Waals surface area (Å²) in [5, 5.41) is 0. The lowest BCUT2D eigenvalue weighted by molar-refractivity contribution is 0.500. The number of hydrogen-bond acceptors (Lipinski definition) is 1. The summed E-state index contributed by atoms with van der Waals surface area (Å²) in [6, 6.07) is 6.81. The topological polar surface area (TPSA) is 26.0 Å². The van der Waals surface area contributed by atoms with E-state index in [2.05, 4.69) is 0 Å². The number of benzene rings is 2. The number of rotatable bonds is 2. The van der Waals surface area contributed by atoms with Crippen molar-refractivity contribution in [1.82, 2.24) is 0 Å². The Bertz CT molecular complexity index is 599. The Morgan fingerprint density at radius 2 is 1.72 bits per heavy atom. The van der Waals surface area contributed by atoms with Crippen molar-refractivity contribution in [2.75, 3.05) is 5.73 Å². The first-order chi connectivity index (χ1) is 8.49. The number of hydrogen-bond donors (Lipinski definition) is 1. The minimum Gasteiger partial charge on any atom is -0.398 e. The van der Waals surface area contributed by atoms with Crippen LogP contribution in [0, 0.1) is 21.0 Å². The molecule has 94 valence electrons. The van der Waals surface area contributed by atoms with Crippen LogP contribution in [0.1, 0.15) is 11.1 Å². The summed E-state index contributed by atoms with van der Waals surface area (Å²) >= 11 is 1.97. The van der Waals surface area contributed by atoms with Gasteiger partial charge in [0, 0.05) is 21.2 Å². The normalized spacial score (nSPS) is 10.7. The Kier molecular flexibility index (Phi) is 3.79. The van der Waals surface area contributed by atoms with E-state index in [1.165, 1.54) is 12.1 Å². The molecule has 18 heavy (non-hydrogen) atoms. The third-order valence-corrected chi connectivity index (χ3v) is 3.29. The molecule has 2 rings (SSSR count). The molecule has 0 heterocycles. The highest BCUT2D eigenvalue weighted by Crippen LogP contribution is 2.24. The summed E-state index contributed by atoms with van der Waals surface area (Å²) in [5.41, 5.74) is 5.97. The van der Waals surface area contributed by atoms with Gasteiger partial charge in [0.1, 0.15) is 5.82 Å². The fourth-order valence-corrected chi connectivity index (χ4v) is 2.10. The van der Waals surface area contributed by atoms with Gasteiger partial charge in [0.25, 0.3) is 0 Å². The highest BCUT2D eigenvalue weighted by Gasteiger charge is 2.14. The van der Waals surface area contributed by atoms with E-state index in [-0.39, 0.29) is 23.2 Å². The molecule has 0 saturated heterocycles. The molecule has 2 aromatic rings. The Balaban J connectivity index is 2.43. The molecule has 1 nitrogen and oxygen atoms in total. The van der Waals surface area contributed by atoms with Gasteiger partial charge >= 0.3 is 0 Å². The number of halogens is 4. The minimum atomic E-state index is -1.02. The number of anilines is 1. The van der Waals surface area contributed by atoms with Gasteiger partial charge in [-0.1, -0.05) is 6.07 Å². The average molecular weight is 363 g/mol. The fraction of sp³-hybridized carbons (Fsp3) is 0.0769. The first-order valence-corrected chi connectivity index (χ1v) is 6.23. The predicted molar refractivity (Wildman–Crippen MR) is 72.7 cm³/mol. The molecular formula is C13H9F3IN. The van der Waals surface area contributed by atoms with E-state index in [1.54, 1.807) is 12.1 Å². The van der Waals surface area contributed by atoms with Crippen LogP contribution < -0.4 is 5.73 Å². The van der Waals surface area contributed by atoms with Crippen LogP contribution in [-0.4, -0.2) is 0 Å². The van der Waals surface area contributed by atoms with Gasteiger partial charge in [-0.2, -0.15) is 0 Å². The van der Waals surface area contributed by atoms with Crippen LogP contribution in [-0.2, 0) is 6.42 Å². The van der Waals surface area contributed by atoms with Crippen LogP contribution >= 0.6 is 22.6 Å². The lowest BCUT2D eigenvalue weighted by Crippen LogP contribution is -2.03. The standard InChI is InChI=1S/C13H9F3IN/c14-10-3-4-12(18)9(13(10)16)5-7-1-2-8(17)6-11(7)15/h1-4,6H,5,18H2. The second kappa shape index (κ2) is 5.17. The maximum Gasteiger partial charge on any atom is 0.164 e. The molecule has 0 fully saturated rings. The van der Waals surface area contributed by atoms with Gasteiger partial charge in [-0.05, 0) is 52.4 Å². The van der Waals surface area contributed by atoms with Crippen LogP contribution in [0.3, 0.4) is 0 Å². The zero-order valence-electron chi connectivity index (χ0n) is 9.18. The van der Waals surface area contributed by atoms with Crippen molar-refractivity contribution >= 4 is 28.3 Å². The van der Waals surface area contributed by atoms with Gasteiger partial charge in [0.2, 0.25) is 0 Å². The van der Waals surface area contributed by atoms with Crippen molar-refractivity contribution in [2.24, 2.45) is 0 Å². The second-order valence-corrected chi connectivity index (χ2v) is 5.09. The van der Waals surface area contributed by atoms with Gasteiger partial charge in [-0.25, -0.2) is 13.2 Å². The second-order valence-electron chi connectivity index (χ2n) is 3.84. The van der Waals surface area contributed by atoms with Gasteiger partial charge in [-0.3, -0.25) is 0 Å². The van der Waals surface area contributed by atoms with Crippen LogP contribution in [0.5, 0.6) is 0 Å². The Labute approximate surface area is 116 Å². The first kappa shape index (κ1) is 13.2. The third-order valence-electron chi connectivity index (χ3n) is 2.61. The summed E-state index contributed by atoms with van der Waals surface area (Å²) in [6.07, 6.45) is -0.0713. The predicted octanol–water partition coefficient (Wildman–Crippen LogP) is 3.88. The van der Waals surface area contributed by atoms with Gasteiger partial charge in [-0.15, -0.1) is 0 Å². The van der Waals surface area contributed by atoms with Gasteiger partial charge in [0.05, 0.1) is 0 Å². The monoisotopic (exact) mass is 363 g/mol. The van der Waals surface area contributed by atoms with Crippen LogP contribution in [0.4, 0.5) is 18.9 Å². The molecular weight excluding hydrogens is 354 g/mol. The molecule has 5 heteroatoms. The molecule has 0 aliphatic heterocycles. The zero-order chi connectivity index (χ0) is 13.3. The molecule has 0 amide bonds. The van der Waals surface area contributed by atoms with Crippen molar-refractivity contribution in [3.05, 3.63) is 62.5 Å². The highest BCUT2D eigenvalue weighted by atomic mass is 127. The first-order valence-electron chi connectivity index (χ1n) is 5.15. The molecule has 0 aromatic heterocycles. The molecule has 0 bridgehead atoms. The molecule has 0 radical (unpaired) electrons. The summed E-state index contributed by atoms with van der Waals surface area (Å²) in [4.78, 5) is 0. The SMILES string of the molecule is Nc1ccc(F)c(F)c1Cc1ccc(I)cc1F. The van der Waals surface area contributed by atoms with Gasteiger partial charge in [0.15, 0.2) is 11.6 Å². The Morgan fingerprint density at radius 1 is 1.00 bits per heavy atom. The van der Waals surface area contributed by atoms with E-state index in [9.17, 15) is 13.2 Å². The van der Waals surface area contributed by atoms with E-state index in [0.717, 1.165) is 9.64 Å². The molecule has 2 N–H and O–H groups in total. The van der Waals surface area contributed by atoms with E-state index in [1.807, 2.05) is 22.6 Å². The van der Waals surface area contributed by atoms with Crippen LogP contribution in [0.2, 0.25) is 0 Å². The molecule has 2 aromatic carbocycles. The molecule has 0 saturated carbocycles. The summed E-state index contributed by atoms with van der Waals surface area (Å²) < 4.78 is 41.1. The quantitative estimate of drug-likeness (QED) is 0.636. The lowest BCUT2D eigenvalue weighted by atomic mass is 10.0. The van der Waals surface area contributed by atoms with E-state index >= 15 is 0 Å². The van der Waals surface area contributed by atoms with Crippen LogP contribution in [0.25, 0.3) is 0 Å². The van der Waals surface area contributed by atoms with E-state index in [4.69, 9.17) is 5.73 Å². The highest BCUT2D eigenvalue weighted by molar-refractivity contribution is 14.1. The number of nitrogens with two attached hydrogens (primary N) is 1. The van der Waals surface area contributed by atoms with E-state index in [0.29, 0.717) is 0 Å². The third kappa shape index (κ3) is 2.60. The number of nitrogen functional groups attached to an aromatic ring is 1. The van der Waals surface area contributed by atoms with Crippen molar-refractivity contribution in [3.63, 3.8) is 0 Å². The maximum absolute atomic E-state index is 13.6. The zero-order valence-corrected chi connectivity index (χ0v) is 11.3. The average Bonchev–Trinajstić information content (AvgIpc) is 2.32. The fourth-order valence-electron chi connectivity index (χ4n) is 1.64. The molecule has 0 aliphatic rings. The summed E-state index contributed by atoms with van der Waals surface area (Å²) in [5.74, 6) is -2.46. The molecule has 0 aliphatic carbocycles. The smallest absolute Gasteiger partial charge is 0.164 e. The van der Waals surface area contributed by atoms with E-state index < -0.39 is 17.5 Å². The molecule has 0 unspecified atom stereocenters.